The molecule has 0 unspecified atom stereocenters. The number of nitrogens with two attached hydrogens (primary N) is 1. The van der Waals surface area contributed by atoms with Crippen LogP contribution in [0.2, 0.25) is 0 Å². The molecule has 2 aromatic heterocycles. The molecule has 8 nitrogen and oxygen atoms in total. The first-order chi connectivity index (χ1) is 13.0. The van der Waals surface area contributed by atoms with Crippen LogP contribution in [0.1, 0.15) is 54.5 Å². The van der Waals surface area contributed by atoms with Crippen LogP contribution in [0.4, 0.5) is 17.3 Å². The molecule has 1 fully saturated rings. The quantitative estimate of drug-likeness (QED) is 0.614. The Morgan fingerprint density at radius 1 is 1.26 bits per heavy atom. The van der Waals surface area contributed by atoms with E-state index in [1.54, 1.807) is 12.3 Å². The van der Waals surface area contributed by atoms with Crippen molar-refractivity contribution in [1.29, 1.82) is 0 Å². The zero-order chi connectivity index (χ0) is 19.4. The minimum Gasteiger partial charge on any atom is -0.393 e. The van der Waals surface area contributed by atoms with E-state index in [1.807, 2.05) is 19.9 Å². The summed E-state index contributed by atoms with van der Waals surface area (Å²) in [4.78, 5) is 25.2. The van der Waals surface area contributed by atoms with Gasteiger partial charge in [0, 0.05) is 23.6 Å². The Balaban J connectivity index is 1.91. The van der Waals surface area contributed by atoms with E-state index in [-0.39, 0.29) is 17.8 Å². The zero-order valence-corrected chi connectivity index (χ0v) is 15.7. The SMILES string of the molecule is CCc1nc(C(N)=O)c(Nc2ccnc(C)c2)nc1N[C@H]1CC[C@H](O)CC1. The van der Waals surface area contributed by atoms with Gasteiger partial charge in [-0.3, -0.25) is 9.78 Å². The number of nitrogens with zero attached hydrogens (tertiary/aromatic N) is 3. The Kier molecular flexibility index (Phi) is 5.85. The lowest BCUT2D eigenvalue weighted by Crippen LogP contribution is -2.29. The number of aliphatic hydroxyl groups excluding tert-OH is 1. The van der Waals surface area contributed by atoms with Crippen LogP contribution in [-0.2, 0) is 6.42 Å². The van der Waals surface area contributed by atoms with E-state index < -0.39 is 5.91 Å². The van der Waals surface area contributed by atoms with Crippen LogP contribution in [0, 0.1) is 6.92 Å². The monoisotopic (exact) mass is 370 g/mol. The molecule has 0 aliphatic heterocycles. The number of hydrogen-bond acceptors (Lipinski definition) is 7. The fourth-order valence-corrected chi connectivity index (χ4v) is 3.26. The molecule has 0 spiro atoms. The summed E-state index contributed by atoms with van der Waals surface area (Å²) in [6, 6.07) is 3.88. The van der Waals surface area contributed by atoms with Crippen LogP contribution in [-0.4, -0.2) is 38.1 Å². The molecule has 144 valence electrons. The maximum atomic E-state index is 11.9. The number of pyridine rings is 1. The van der Waals surface area contributed by atoms with Crippen LogP contribution in [0.5, 0.6) is 0 Å². The smallest absolute Gasteiger partial charge is 0.271 e. The van der Waals surface area contributed by atoms with Gasteiger partial charge in [-0.15, -0.1) is 0 Å². The first kappa shape index (κ1) is 19.0. The van der Waals surface area contributed by atoms with Crippen molar-refractivity contribution in [2.75, 3.05) is 10.6 Å². The molecule has 5 N–H and O–H groups in total. The molecule has 8 heteroatoms. The number of hydrogen-bond donors (Lipinski definition) is 4. The van der Waals surface area contributed by atoms with E-state index in [4.69, 9.17) is 5.73 Å². The maximum Gasteiger partial charge on any atom is 0.271 e. The van der Waals surface area contributed by atoms with Crippen molar-refractivity contribution in [2.24, 2.45) is 5.73 Å². The number of primary amides is 1. The second-order valence-electron chi connectivity index (χ2n) is 6.89. The van der Waals surface area contributed by atoms with Gasteiger partial charge in [-0.1, -0.05) is 6.92 Å². The van der Waals surface area contributed by atoms with Crippen molar-refractivity contribution in [1.82, 2.24) is 15.0 Å². The summed E-state index contributed by atoms with van der Waals surface area (Å²) in [5.74, 6) is 0.346. The van der Waals surface area contributed by atoms with Crippen molar-refractivity contribution < 1.29 is 9.90 Å². The largest absolute Gasteiger partial charge is 0.393 e. The van der Waals surface area contributed by atoms with E-state index in [0.717, 1.165) is 37.1 Å². The fraction of sp³-hybridized carbons (Fsp3) is 0.474. The number of aromatic nitrogens is 3. The standard InChI is InChI=1S/C19H26N6O2/c1-3-15-18(22-12-4-6-14(26)7-5-12)25-19(16(24-15)17(20)27)23-13-8-9-21-11(2)10-13/h8-10,12,14,26H,3-7H2,1-2H3,(H2,20,27)(H2,21,22,23,25)/t12-,14-. The molecule has 1 aliphatic rings. The summed E-state index contributed by atoms with van der Waals surface area (Å²) < 4.78 is 0. The van der Waals surface area contributed by atoms with Crippen molar-refractivity contribution in [3.8, 4) is 0 Å². The van der Waals surface area contributed by atoms with E-state index in [9.17, 15) is 9.90 Å². The van der Waals surface area contributed by atoms with Crippen molar-refractivity contribution >= 4 is 23.2 Å². The van der Waals surface area contributed by atoms with Gasteiger partial charge in [-0.05, 0) is 51.2 Å². The zero-order valence-electron chi connectivity index (χ0n) is 15.7. The van der Waals surface area contributed by atoms with Crippen molar-refractivity contribution in [3.05, 3.63) is 35.4 Å². The summed E-state index contributed by atoms with van der Waals surface area (Å²) in [6.07, 6.45) is 5.37. The van der Waals surface area contributed by atoms with E-state index in [2.05, 4.69) is 25.6 Å². The first-order valence-corrected chi connectivity index (χ1v) is 9.31. The highest BCUT2D eigenvalue weighted by Crippen LogP contribution is 2.26. The number of anilines is 3. The summed E-state index contributed by atoms with van der Waals surface area (Å²) in [6.45, 7) is 3.85. The maximum absolute atomic E-state index is 11.9. The fourth-order valence-electron chi connectivity index (χ4n) is 3.26. The normalized spacial score (nSPS) is 19.5. The molecule has 0 radical (unpaired) electrons. The van der Waals surface area contributed by atoms with Gasteiger partial charge in [0.05, 0.1) is 11.8 Å². The summed E-state index contributed by atoms with van der Waals surface area (Å²) in [5.41, 5.74) is 7.95. The molecule has 0 atom stereocenters. The Bertz CT molecular complexity index is 818. The average Bonchev–Trinajstić information content (AvgIpc) is 2.63. The molecule has 0 bridgehead atoms. The van der Waals surface area contributed by atoms with E-state index >= 15 is 0 Å². The van der Waals surface area contributed by atoms with Crippen molar-refractivity contribution in [3.63, 3.8) is 0 Å². The van der Waals surface area contributed by atoms with Gasteiger partial charge >= 0.3 is 0 Å². The third kappa shape index (κ3) is 4.71. The number of carbonyl (C=O) groups is 1. The van der Waals surface area contributed by atoms with Crippen LogP contribution in [0.15, 0.2) is 18.3 Å². The molecule has 1 aliphatic carbocycles. The lowest BCUT2D eigenvalue weighted by molar-refractivity contribution is 0.0996. The number of nitrogens with one attached hydrogen (secondary N) is 2. The Morgan fingerprint density at radius 3 is 2.63 bits per heavy atom. The molecule has 1 saturated carbocycles. The lowest BCUT2D eigenvalue weighted by atomic mass is 9.93. The van der Waals surface area contributed by atoms with Crippen LogP contribution < -0.4 is 16.4 Å². The molecule has 1 amide bonds. The average molecular weight is 370 g/mol. The highest BCUT2D eigenvalue weighted by Gasteiger charge is 2.22. The highest BCUT2D eigenvalue weighted by atomic mass is 16.3. The predicted molar refractivity (Wildman–Crippen MR) is 104 cm³/mol. The van der Waals surface area contributed by atoms with Gasteiger partial charge in [-0.2, -0.15) is 0 Å². The molecule has 0 aromatic carbocycles. The number of aliphatic hydroxyl groups is 1. The number of aryl methyl sites for hydroxylation is 2. The molecule has 2 aromatic rings. The second-order valence-corrected chi connectivity index (χ2v) is 6.89. The number of amides is 1. The van der Waals surface area contributed by atoms with Crippen molar-refractivity contribution in [2.45, 2.75) is 58.1 Å². The van der Waals surface area contributed by atoms with Gasteiger partial charge < -0.3 is 21.5 Å². The number of carbonyl (C=O) groups excluding carboxylic acids is 1. The van der Waals surface area contributed by atoms with Crippen LogP contribution in [0.25, 0.3) is 0 Å². The highest BCUT2D eigenvalue weighted by molar-refractivity contribution is 5.96. The summed E-state index contributed by atoms with van der Waals surface area (Å²) in [7, 11) is 0. The second kappa shape index (κ2) is 8.30. The van der Waals surface area contributed by atoms with Gasteiger partial charge in [0.1, 0.15) is 5.82 Å². The predicted octanol–water partition coefficient (Wildman–Crippen LogP) is 2.30. The molecule has 27 heavy (non-hydrogen) atoms. The van der Waals surface area contributed by atoms with Crippen LogP contribution in [0.3, 0.4) is 0 Å². The van der Waals surface area contributed by atoms with Gasteiger partial charge in [0.25, 0.3) is 5.91 Å². The molecular formula is C19H26N6O2. The molecular weight excluding hydrogens is 344 g/mol. The molecule has 2 heterocycles. The topological polar surface area (TPSA) is 126 Å². The third-order valence-electron chi connectivity index (χ3n) is 4.73. The molecule has 0 saturated heterocycles. The van der Waals surface area contributed by atoms with Gasteiger partial charge in [0.2, 0.25) is 0 Å². The summed E-state index contributed by atoms with van der Waals surface area (Å²) in [5, 5.41) is 16.3. The van der Waals surface area contributed by atoms with E-state index in [0.29, 0.717) is 23.8 Å². The minimum atomic E-state index is -0.627. The summed E-state index contributed by atoms with van der Waals surface area (Å²) >= 11 is 0. The Morgan fingerprint density at radius 2 is 2.00 bits per heavy atom. The first-order valence-electron chi connectivity index (χ1n) is 9.31. The van der Waals surface area contributed by atoms with Crippen LogP contribution >= 0.6 is 0 Å². The molecule has 3 rings (SSSR count). The van der Waals surface area contributed by atoms with Gasteiger partial charge in [-0.25, -0.2) is 9.97 Å². The lowest BCUT2D eigenvalue weighted by Gasteiger charge is -2.27. The number of rotatable bonds is 6. The third-order valence-corrected chi connectivity index (χ3v) is 4.73. The minimum absolute atomic E-state index is 0.117. The Hall–Kier alpha value is -2.74. The van der Waals surface area contributed by atoms with E-state index in [1.165, 1.54) is 0 Å². The Labute approximate surface area is 158 Å². The van der Waals surface area contributed by atoms with Gasteiger partial charge in [0.15, 0.2) is 11.5 Å².